The molecule has 0 spiro atoms. The van der Waals surface area contributed by atoms with Crippen LogP contribution in [-0.2, 0) is 21.4 Å². The number of aromatic nitrogens is 1. The Kier molecular flexibility index (Phi) is 7.77. The molecule has 0 unspecified atom stereocenters. The molecule has 0 saturated carbocycles. The minimum atomic E-state index is -4.11. The maximum absolute atomic E-state index is 13.1. The molecular formula is C24H29N5O5S. The molecule has 0 N–H and O–H groups in total. The summed E-state index contributed by atoms with van der Waals surface area (Å²) in [4.78, 5) is 24.7. The number of hydrogen-bond acceptors (Lipinski definition) is 6. The third kappa shape index (κ3) is 5.44. The number of nitriles is 1. The van der Waals surface area contributed by atoms with Gasteiger partial charge in [0, 0.05) is 50.2 Å². The molecule has 2 heterocycles. The van der Waals surface area contributed by atoms with Gasteiger partial charge in [-0.1, -0.05) is 26.0 Å². The number of nitro benzene ring substituents is 1. The van der Waals surface area contributed by atoms with Crippen molar-refractivity contribution in [2.24, 2.45) is 5.92 Å². The van der Waals surface area contributed by atoms with Gasteiger partial charge >= 0.3 is 0 Å². The SMILES string of the molecule is Cc1cc(/C=C(/C#N)C(=O)N2CCN(S(=O)(=O)c3ccccc3[N+](=O)[O-])CC2)c(C)n1CC(C)C. The van der Waals surface area contributed by atoms with Gasteiger partial charge in [-0.2, -0.15) is 9.57 Å². The molecule has 1 amide bonds. The summed E-state index contributed by atoms with van der Waals surface area (Å²) < 4.78 is 29.3. The van der Waals surface area contributed by atoms with Gasteiger partial charge in [0.1, 0.15) is 11.6 Å². The minimum absolute atomic E-state index is 0.0233. The van der Waals surface area contributed by atoms with Crippen LogP contribution in [0.3, 0.4) is 0 Å². The molecule has 10 nitrogen and oxygen atoms in total. The van der Waals surface area contributed by atoms with Crippen LogP contribution < -0.4 is 0 Å². The number of nitrogens with zero attached hydrogens (tertiary/aromatic N) is 5. The van der Waals surface area contributed by atoms with E-state index in [-0.39, 0.29) is 36.6 Å². The smallest absolute Gasteiger partial charge is 0.289 e. The number of rotatable bonds is 7. The Labute approximate surface area is 205 Å². The van der Waals surface area contributed by atoms with Crippen molar-refractivity contribution in [3.8, 4) is 6.07 Å². The van der Waals surface area contributed by atoms with Crippen molar-refractivity contribution in [3.63, 3.8) is 0 Å². The van der Waals surface area contributed by atoms with Gasteiger partial charge in [0.15, 0.2) is 4.90 Å². The highest BCUT2D eigenvalue weighted by atomic mass is 32.2. The molecule has 1 fully saturated rings. The lowest BCUT2D eigenvalue weighted by Crippen LogP contribution is -2.50. The van der Waals surface area contributed by atoms with Crippen molar-refractivity contribution in [3.05, 3.63) is 63.0 Å². The van der Waals surface area contributed by atoms with Crippen LogP contribution in [0.1, 0.15) is 30.8 Å². The van der Waals surface area contributed by atoms with Gasteiger partial charge in [0.2, 0.25) is 10.0 Å². The topological polar surface area (TPSA) is 130 Å². The number of amides is 1. The van der Waals surface area contributed by atoms with Crippen LogP contribution in [0.2, 0.25) is 0 Å². The van der Waals surface area contributed by atoms with E-state index in [1.807, 2.05) is 26.0 Å². The molecule has 1 aliphatic rings. The molecule has 1 aromatic heterocycles. The van der Waals surface area contributed by atoms with Crippen LogP contribution in [0.4, 0.5) is 5.69 Å². The summed E-state index contributed by atoms with van der Waals surface area (Å²) in [5.74, 6) is -0.0255. The lowest BCUT2D eigenvalue weighted by atomic mass is 10.1. The molecule has 35 heavy (non-hydrogen) atoms. The van der Waals surface area contributed by atoms with Crippen LogP contribution in [-0.4, -0.2) is 59.2 Å². The van der Waals surface area contributed by atoms with Crippen LogP contribution in [0.25, 0.3) is 6.08 Å². The van der Waals surface area contributed by atoms with E-state index in [4.69, 9.17) is 0 Å². The highest BCUT2D eigenvalue weighted by Crippen LogP contribution is 2.27. The van der Waals surface area contributed by atoms with Crippen LogP contribution in [0, 0.1) is 41.2 Å². The van der Waals surface area contributed by atoms with Gasteiger partial charge in [-0.3, -0.25) is 14.9 Å². The first-order chi connectivity index (χ1) is 16.5. The Bertz CT molecular complexity index is 1310. The van der Waals surface area contributed by atoms with Crippen LogP contribution >= 0.6 is 0 Å². The van der Waals surface area contributed by atoms with Gasteiger partial charge in [-0.15, -0.1) is 0 Å². The fourth-order valence-electron chi connectivity index (χ4n) is 4.18. The number of nitro groups is 1. The fraction of sp³-hybridized carbons (Fsp3) is 0.417. The molecule has 1 aliphatic heterocycles. The van der Waals surface area contributed by atoms with Crippen LogP contribution in [0.5, 0.6) is 0 Å². The highest BCUT2D eigenvalue weighted by Gasteiger charge is 2.35. The lowest BCUT2D eigenvalue weighted by Gasteiger charge is -2.33. The summed E-state index contributed by atoms with van der Waals surface area (Å²) in [7, 11) is -4.11. The zero-order valence-electron chi connectivity index (χ0n) is 20.3. The van der Waals surface area contributed by atoms with E-state index in [2.05, 4.69) is 18.4 Å². The molecule has 2 aromatic rings. The number of piperazine rings is 1. The van der Waals surface area contributed by atoms with Crippen molar-refractivity contribution < 1.29 is 18.1 Å². The average Bonchev–Trinajstić information content (AvgIpc) is 3.09. The first-order valence-electron chi connectivity index (χ1n) is 11.3. The first kappa shape index (κ1) is 26.1. The second-order valence-corrected chi connectivity index (χ2v) is 10.8. The number of aryl methyl sites for hydroxylation is 1. The fourth-order valence-corrected chi connectivity index (χ4v) is 5.76. The van der Waals surface area contributed by atoms with Crippen molar-refractivity contribution in [2.75, 3.05) is 26.2 Å². The summed E-state index contributed by atoms with van der Waals surface area (Å²) in [6.07, 6.45) is 1.58. The number of para-hydroxylation sites is 1. The Morgan fingerprint density at radius 2 is 1.83 bits per heavy atom. The molecule has 1 aromatic carbocycles. The average molecular weight is 500 g/mol. The first-order valence-corrected chi connectivity index (χ1v) is 12.7. The van der Waals surface area contributed by atoms with Gasteiger partial charge in [-0.05, 0) is 43.5 Å². The zero-order chi connectivity index (χ0) is 25.9. The molecule has 3 rings (SSSR count). The molecule has 186 valence electrons. The van der Waals surface area contributed by atoms with Crippen molar-refractivity contribution in [1.29, 1.82) is 5.26 Å². The van der Waals surface area contributed by atoms with Crippen molar-refractivity contribution in [1.82, 2.24) is 13.8 Å². The van der Waals surface area contributed by atoms with E-state index in [0.717, 1.165) is 33.9 Å². The van der Waals surface area contributed by atoms with Crippen molar-refractivity contribution in [2.45, 2.75) is 39.1 Å². The molecule has 0 aliphatic carbocycles. The van der Waals surface area contributed by atoms with Crippen LogP contribution in [0.15, 0.2) is 40.8 Å². The Morgan fingerprint density at radius 1 is 1.20 bits per heavy atom. The summed E-state index contributed by atoms with van der Waals surface area (Å²) in [5.41, 5.74) is 2.30. The van der Waals surface area contributed by atoms with E-state index in [9.17, 15) is 28.6 Å². The lowest BCUT2D eigenvalue weighted by molar-refractivity contribution is -0.387. The number of hydrogen-bond donors (Lipinski definition) is 0. The van der Waals surface area contributed by atoms with E-state index in [0.29, 0.717) is 5.92 Å². The van der Waals surface area contributed by atoms with Gasteiger partial charge < -0.3 is 9.47 Å². The molecule has 0 radical (unpaired) electrons. The molecule has 11 heteroatoms. The minimum Gasteiger partial charge on any atom is -0.348 e. The monoisotopic (exact) mass is 499 g/mol. The van der Waals surface area contributed by atoms with E-state index < -0.39 is 26.5 Å². The largest absolute Gasteiger partial charge is 0.348 e. The standard InChI is InChI=1S/C24H29N5O5S/c1-17(2)16-28-18(3)13-20(19(28)4)14-21(15-25)24(30)26-9-11-27(12-10-26)35(33,34)23-8-6-5-7-22(23)29(31)32/h5-8,13-14,17H,9-12,16H2,1-4H3/b21-14-. The predicted molar refractivity (Wildman–Crippen MR) is 131 cm³/mol. The second kappa shape index (κ2) is 10.4. The van der Waals surface area contributed by atoms with E-state index in [1.54, 1.807) is 6.08 Å². The van der Waals surface area contributed by atoms with Gasteiger partial charge in [0.25, 0.3) is 11.6 Å². The maximum Gasteiger partial charge on any atom is 0.289 e. The van der Waals surface area contributed by atoms with Gasteiger partial charge in [-0.25, -0.2) is 8.42 Å². The quantitative estimate of drug-likeness (QED) is 0.249. The molecule has 0 bridgehead atoms. The summed E-state index contributed by atoms with van der Waals surface area (Å²) >= 11 is 0. The highest BCUT2D eigenvalue weighted by molar-refractivity contribution is 7.89. The van der Waals surface area contributed by atoms with E-state index >= 15 is 0 Å². The second-order valence-electron chi connectivity index (χ2n) is 8.92. The summed E-state index contributed by atoms with van der Waals surface area (Å²) in [6.45, 7) is 9.10. The third-order valence-electron chi connectivity index (χ3n) is 6.02. The number of sulfonamides is 1. The Balaban J connectivity index is 1.77. The third-order valence-corrected chi connectivity index (χ3v) is 7.96. The summed E-state index contributed by atoms with van der Waals surface area (Å²) in [5, 5.41) is 21.0. The van der Waals surface area contributed by atoms with E-state index in [1.165, 1.54) is 23.1 Å². The predicted octanol–water partition coefficient (Wildman–Crippen LogP) is 3.11. The molecular weight excluding hydrogens is 470 g/mol. The maximum atomic E-state index is 13.1. The molecule has 0 atom stereocenters. The number of benzene rings is 1. The Morgan fingerprint density at radius 3 is 2.40 bits per heavy atom. The zero-order valence-corrected chi connectivity index (χ0v) is 21.1. The molecule has 1 saturated heterocycles. The van der Waals surface area contributed by atoms with Gasteiger partial charge in [0.05, 0.1) is 4.92 Å². The summed E-state index contributed by atoms with van der Waals surface area (Å²) in [6, 6.07) is 9.12. The Hall–Kier alpha value is -3.49. The number of carbonyl (C=O) groups is 1. The normalized spacial score (nSPS) is 15.3. The number of carbonyl (C=O) groups excluding carboxylic acids is 1. The van der Waals surface area contributed by atoms with Crippen molar-refractivity contribution >= 4 is 27.7 Å².